The molecule has 3 rings (SSSR count). The van der Waals surface area contributed by atoms with Gasteiger partial charge >= 0.3 is 0 Å². The summed E-state index contributed by atoms with van der Waals surface area (Å²) in [5.74, 6) is 1.67. The minimum atomic E-state index is -0.136. The van der Waals surface area contributed by atoms with E-state index in [0.717, 1.165) is 30.2 Å². The number of nitriles is 1. The Hall–Kier alpha value is -1.89. The summed E-state index contributed by atoms with van der Waals surface area (Å²) < 4.78 is 10.7. The summed E-state index contributed by atoms with van der Waals surface area (Å²) >= 11 is 0. The third-order valence-electron chi connectivity index (χ3n) is 4.01. The summed E-state index contributed by atoms with van der Waals surface area (Å²) in [6.45, 7) is 5.45. The summed E-state index contributed by atoms with van der Waals surface area (Å²) in [6.07, 6.45) is 0.915. The minimum absolute atomic E-state index is 0.0722. The third kappa shape index (κ3) is 1.51. The van der Waals surface area contributed by atoms with Gasteiger partial charge in [-0.15, -0.1) is 0 Å². The fraction of sp³-hybridized carbons (Fsp3) is 0.500. The topological polar surface area (TPSA) is 45.5 Å². The van der Waals surface area contributed by atoms with Gasteiger partial charge in [0.15, 0.2) is 11.5 Å². The van der Waals surface area contributed by atoms with Crippen LogP contribution in [0.5, 0.6) is 11.5 Å². The van der Waals surface area contributed by atoms with Gasteiger partial charge in [0.1, 0.15) is 0 Å². The second-order valence-electron chi connectivity index (χ2n) is 5.31. The largest absolute Gasteiger partial charge is 0.454 e. The molecule has 1 aromatic rings. The van der Waals surface area contributed by atoms with Gasteiger partial charge < -0.3 is 14.4 Å². The molecule has 94 valence electrons. The normalized spacial score (nSPS) is 24.1. The van der Waals surface area contributed by atoms with E-state index in [0.29, 0.717) is 6.79 Å². The quantitative estimate of drug-likeness (QED) is 0.761. The predicted octanol–water partition coefficient (Wildman–Crippen LogP) is 2.54. The Morgan fingerprint density at radius 2 is 2.11 bits per heavy atom. The number of hydrogen-bond acceptors (Lipinski definition) is 4. The Morgan fingerprint density at radius 3 is 2.83 bits per heavy atom. The zero-order valence-electron chi connectivity index (χ0n) is 10.6. The van der Waals surface area contributed by atoms with Gasteiger partial charge in [-0.25, -0.2) is 0 Å². The van der Waals surface area contributed by atoms with Crippen LogP contribution in [0.15, 0.2) is 18.2 Å². The van der Waals surface area contributed by atoms with Crippen LogP contribution in [0, 0.1) is 17.2 Å². The van der Waals surface area contributed by atoms with Crippen molar-refractivity contribution in [1.82, 2.24) is 0 Å². The highest BCUT2D eigenvalue weighted by Crippen LogP contribution is 2.42. The van der Waals surface area contributed by atoms with Crippen molar-refractivity contribution < 1.29 is 9.47 Å². The molecule has 1 atom stereocenters. The maximum Gasteiger partial charge on any atom is 0.231 e. The van der Waals surface area contributed by atoms with Crippen molar-refractivity contribution in [2.75, 3.05) is 18.2 Å². The van der Waals surface area contributed by atoms with Crippen molar-refractivity contribution in [2.24, 2.45) is 5.92 Å². The summed E-state index contributed by atoms with van der Waals surface area (Å²) in [7, 11) is 0. The maximum atomic E-state index is 9.20. The number of hydrogen-bond donors (Lipinski definition) is 0. The van der Waals surface area contributed by atoms with Crippen LogP contribution < -0.4 is 14.4 Å². The predicted molar refractivity (Wildman–Crippen MR) is 67.7 cm³/mol. The van der Waals surface area contributed by atoms with Crippen LogP contribution in [0.25, 0.3) is 0 Å². The van der Waals surface area contributed by atoms with Crippen molar-refractivity contribution in [3.8, 4) is 17.6 Å². The van der Waals surface area contributed by atoms with Gasteiger partial charge in [0.05, 0.1) is 17.5 Å². The molecule has 2 aliphatic heterocycles. The second kappa shape index (κ2) is 3.81. The van der Waals surface area contributed by atoms with Gasteiger partial charge in [0.2, 0.25) is 6.79 Å². The molecule has 0 N–H and O–H groups in total. The third-order valence-corrected chi connectivity index (χ3v) is 4.01. The van der Waals surface area contributed by atoms with Crippen LogP contribution in [0.3, 0.4) is 0 Å². The molecule has 4 heteroatoms. The average Bonchev–Trinajstić information content (AvgIpc) is 2.91. The molecule has 18 heavy (non-hydrogen) atoms. The van der Waals surface area contributed by atoms with Crippen LogP contribution in [-0.2, 0) is 0 Å². The number of ether oxygens (including phenoxy) is 2. The lowest BCUT2D eigenvalue weighted by molar-refractivity contribution is 0.174. The van der Waals surface area contributed by atoms with E-state index in [1.807, 2.05) is 18.2 Å². The number of anilines is 1. The van der Waals surface area contributed by atoms with E-state index in [4.69, 9.17) is 9.47 Å². The molecule has 2 heterocycles. The van der Waals surface area contributed by atoms with E-state index >= 15 is 0 Å². The molecule has 0 saturated carbocycles. The highest BCUT2D eigenvalue weighted by molar-refractivity contribution is 5.59. The molecule has 4 nitrogen and oxygen atoms in total. The van der Waals surface area contributed by atoms with Gasteiger partial charge in [-0.05, 0) is 32.4 Å². The lowest BCUT2D eigenvalue weighted by Crippen LogP contribution is -2.42. The van der Waals surface area contributed by atoms with E-state index in [2.05, 4.69) is 24.8 Å². The summed E-state index contributed by atoms with van der Waals surface area (Å²) in [4.78, 5) is 2.28. The molecule has 1 fully saturated rings. The van der Waals surface area contributed by atoms with Crippen molar-refractivity contribution >= 4 is 5.69 Å². The maximum absolute atomic E-state index is 9.20. The van der Waals surface area contributed by atoms with Crippen LogP contribution in [-0.4, -0.2) is 18.9 Å². The lowest BCUT2D eigenvalue weighted by Gasteiger charge is -2.35. The molecule has 0 amide bonds. The fourth-order valence-electron chi connectivity index (χ4n) is 2.83. The first-order valence-electron chi connectivity index (χ1n) is 6.20. The van der Waals surface area contributed by atoms with E-state index in [1.54, 1.807) is 0 Å². The molecule has 1 saturated heterocycles. The number of fused-ring (bicyclic) bond motifs is 1. The van der Waals surface area contributed by atoms with Crippen LogP contribution in [0.2, 0.25) is 0 Å². The van der Waals surface area contributed by atoms with Crippen molar-refractivity contribution in [3.05, 3.63) is 18.2 Å². The first-order valence-corrected chi connectivity index (χ1v) is 6.20. The monoisotopic (exact) mass is 244 g/mol. The van der Waals surface area contributed by atoms with Crippen LogP contribution >= 0.6 is 0 Å². The molecular formula is C14H16N2O2. The van der Waals surface area contributed by atoms with E-state index in [9.17, 15) is 5.26 Å². The minimum Gasteiger partial charge on any atom is -0.454 e. The summed E-state index contributed by atoms with van der Waals surface area (Å²) in [5, 5.41) is 9.20. The Kier molecular flexibility index (Phi) is 2.37. The molecule has 1 unspecified atom stereocenters. The van der Waals surface area contributed by atoms with E-state index in [-0.39, 0.29) is 11.5 Å². The zero-order valence-corrected chi connectivity index (χ0v) is 10.6. The molecule has 0 bridgehead atoms. The van der Waals surface area contributed by atoms with Crippen molar-refractivity contribution in [1.29, 1.82) is 5.26 Å². The molecular weight excluding hydrogens is 228 g/mol. The average molecular weight is 244 g/mol. The van der Waals surface area contributed by atoms with Gasteiger partial charge in [0.25, 0.3) is 0 Å². The molecule has 0 spiro atoms. The number of benzene rings is 1. The fourth-order valence-corrected chi connectivity index (χ4v) is 2.83. The van der Waals surface area contributed by atoms with Crippen LogP contribution in [0.4, 0.5) is 5.69 Å². The smallest absolute Gasteiger partial charge is 0.231 e. The first-order chi connectivity index (χ1) is 8.63. The lowest BCUT2D eigenvalue weighted by atomic mass is 9.89. The Bertz CT molecular complexity index is 519. The first kappa shape index (κ1) is 11.2. The molecule has 0 radical (unpaired) electrons. The standard InChI is InChI=1S/C14H16N2O2/c1-14(2)10(8-15)5-6-16(14)11-3-4-12-13(7-11)18-9-17-12/h3-4,7,10H,5-6,9H2,1-2H3. The van der Waals surface area contributed by atoms with Gasteiger partial charge in [0, 0.05) is 18.3 Å². The Balaban J connectivity index is 1.94. The Labute approximate surface area is 107 Å². The van der Waals surface area contributed by atoms with E-state index in [1.165, 1.54) is 0 Å². The SMILES string of the molecule is CC1(C)C(C#N)CCN1c1ccc2c(c1)OCO2. The van der Waals surface area contributed by atoms with Crippen molar-refractivity contribution in [2.45, 2.75) is 25.8 Å². The molecule has 2 aliphatic rings. The second-order valence-corrected chi connectivity index (χ2v) is 5.31. The summed E-state index contributed by atoms with van der Waals surface area (Å²) in [6, 6.07) is 8.39. The number of nitrogens with zero attached hydrogens (tertiary/aromatic N) is 2. The highest BCUT2D eigenvalue weighted by atomic mass is 16.7. The van der Waals surface area contributed by atoms with Crippen LogP contribution in [0.1, 0.15) is 20.3 Å². The van der Waals surface area contributed by atoms with Gasteiger partial charge in [-0.3, -0.25) is 0 Å². The zero-order chi connectivity index (χ0) is 12.8. The highest BCUT2D eigenvalue weighted by Gasteiger charge is 2.41. The van der Waals surface area contributed by atoms with Gasteiger partial charge in [-0.2, -0.15) is 5.26 Å². The van der Waals surface area contributed by atoms with Crippen molar-refractivity contribution in [3.63, 3.8) is 0 Å². The van der Waals surface area contributed by atoms with E-state index < -0.39 is 0 Å². The van der Waals surface area contributed by atoms with Gasteiger partial charge in [-0.1, -0.05) is 0 Å². The molecule has 0 aliphatic carbocycles. The molecule has 1 aromatic carbocycles. The number of rotatable bonds is 1. The Morgan fingerprint density at radius 1 is 1.33 bits per heavy atom. The molecule has 0 aromatic heterocycles. The summed E-state index contributed by atoms with van der Waals surface area (Å²) in [5.41, 5.74) is 0.963.